The molecule has 1 N–H and O–H groups in total. The number of piperazine rings is 1. The molecule has 0 saturated carbocycles. The van der Waals surface area contributed by atoms with Crippen LogP contribution in [0.3, 0.4) is 0 Å². The van der Waals surface area contributed by atoms with Gasteiger partial charge in [0.05, 0.1) is 0 Å². The van der Waals surface area contributed by atoms with E-state index in [-0.39, 0.29) is 30.0 Å². The van der Waals surface area contributed by atoms with Crippen molar-refractivity contribution in [2.24, 2.45) is 5.92 Å². The number of nitrogens with zero attached hydrogens (tertiary/aromatic N) is 1. The maximum absolute atomic E-state index is 13.1. The Morgan fingerprint density at radius 1 is 1.40 bits per heavy atom. The predicted octanol–water partition coefficient (Wildman–Crippen LogP) is 2.25. The number of carbonyl (C=O) groups is 1. The van der Waals surface area contributed by atoms with Crippen LogP contribution in [-0.2, 0) is 11.2 Å². The van der Waals surface area contributed by atoms with Gasteiger partial charge in [-0.3, -0.25) is 4.79 Å². The van der Waals surface area contributed by atoms with E-state index in [1.807, 2.05) is 17.9 Å². The molecular formula is C15H22ClFN2O. The van der Waals surface area contributed by atoms with E-state index in [9.17, 15) is 9.18 Å². The summed E-state index contributed by atoms with van der Waals surface area (Å²) in [6.07, 6.45) is 1.52. The van der Waals surface area contributed by atoms with Crippen LogP contribution in [0.4, 0.5) is 4.39 Å². The molecule has 0 bridgehead atoms. The molecule has 2 rings (SSSR count). The number of hydrogen-bond donors (Lipinski definition) is 1. The van der Waals surface area contributed by atoms with Crippen molar-refractivity contribution in [1.82, 2.24) is 10.2 Å². The van der Waals surface area contributed by atoms with E-state index in [4.69, 9.17) is 0 Å². The largest absolute Gasteiger partial charge is 0.340 e. The van der Waals surface area contributed by atoms with Gasteiger partial charge < -0.3 is 10.2 Å². The highest BCUT2D eigenvalue weighted by molar-refractivity contribution is 5.85. The molecule has 0 radical (unpaired) electrons. The molecule has 1 unspecified atom stereocenters. The second-order valence-corrected chi connectivity index (χ2v) is 5.14. The molecule has 0 spiro atoms. The molecule has 3 nitrogen and oxygen atoms in total. The summed E-state index contributed by atoms with van der Waals surface area (Å²) in [6.45, 7) is 5.31. The first-order chi connectivity index (χ1) is 9.16. The lowest BCUT2D eigenvalue weighted by Crippen LogP contribution is -2.48. The maximum Gasteiger partial charge on any atom is 0.225 e. The van der Waals surface area contributed by atoms with Gasteiger partial charge in [0.15, 0.2) is 0 Å². The summed E-state index contributed by atoms with van der Waals surface area (Å²) in [6, 6.07) is 6.61. The summed E-state index contributed by atoms with van der Waals surface area (Å²) in [4.78, 5) is 14.1. The molecule has 1 aliphatic heterocycles. The van der Waals surface area contributed by atoms with E-state index in [1.165, 1.54) is 6.07 Å². The summed E-state index contributed by atoms with van der Waals surface area (Å²) < 4.78 is 13.1. The maximum atomic E-state index is 13.1. The van der Waals surface area contributed by atoms with Gasteiger partial charge in [-0.2, -0.15) is 0 Å². The lowest BCUT2D eigenvalue weighted by Gasteiger charge is -2.29. The summed E-state index contributed by atoms with van der Waals surface area (Å²) in [7, 11) is 0. The minimum atomic E-state index is -0.210. The monoisotopic (exact) mass is 300 g/mol. The summed E-state index contributed by atoms with van der Waals surface area (Å²) >= 11 is 0. The Morgan fingerprint density at radius 3 is 2.75 bits per heavy atom. The number of carbonyl (C=O) groups excluding carboxylic acids is 1. The molecule has 5 heteroatoms. The van der Waals surface area contributed by atoms with Crippen LogP contribution < -0.4 is 5.32 Å². The number of hydrogen-bond acceptors (Lipinski definition) is 2. The van der Waals surface area contributed by atoms with Crippen LogP contribution in [0.25, 0.3) is 0 Å². The molecular weight excluding hydrogens is 279 g/mol. The second kappa shape index (κ2) is 8.22. The van der Waals surface area contributed by atoms with Gasteiger partial charge in [0.25, 0.3) is 0 Å². The summed E-state index contributed by atoms with van der Waals surface area (Å²) in [5, 5.41) is 3.24. The van der Waals surface area contributed by atoms with Crippen molar-refractivity contribution in [3.63, 3.8) is 0 Å². The van der Waals surface area contributed by atoms with Gasteiger partial charge in [0, 0.05) is 32.1 Å². The third kappa shape index (κ3) is 4.76. The highest BCUT2D eigenvalue weighted by Crippen LogP contribution is 2.13. The van der Waals surface area contributed by atoms with Gasteiger partial charge in [-0.15, -0.1) is 12.4 Å². The van der Waals surface area contributed by atoms with E-state index < -0.39 is 0 Å². The molecule has 1 atom stereocenters. The van der Waals surface area contributed by atoms with Crippen molar-refractivity contribution in [3.8, 4) is 0 Å². The molecule has 20 heavy (non-hydrogen) atoms. The molecule has 1 heterocycles. The number of halogens is 2. The van der Waals surface area contributed by atoms with Gasteiger partial charge in [0.2, 0.25) is 5.91 Å². The highest BCUT2D eigenvalue weighted by atomic mass is 35.5. The van der Waals surface area contributed by atoms with Crippen molar-refractivity contribution in [2.45, 2.75) is 19.8 Å². The summed E-state index contributed by atoms with van der Waals surface area (Å²) in [5.41, 5.74) is 0.958. The Hall–Kier alpha value is -1.13. The van der Waals surface area contributed by atoms with Crippen LogP contribution in [0, 0.1) is 11.7 Å². The lowest BCUT2D eigenvalue weighted by atomic mass is 9.99. The van der Waals surface area contributed by atoms with E-state index in [0.717, 1.165) is 44.6 Å². The van der Waals surface area contributed by atoms with Crippen LogP contribution >= 0.6 is 12.4 Å². The minimum Gasteiger partial charge on any atom is -0.340 e. The standard InChI is InChI=1S/C15H21FN2O.ClH/c1-12(15(19)18-9-7-17-8-10-18)5-6-13-3-2-4-14(16)11-13;/h2-4,11-12,17H,5-10H2,1H3;1H. The zero-order valence-corrected chi connectivity index (χ0v) is 12.6. The van der Waals surface area contributed by atoms with Crippen molar-refractivity contribution in [1.29, 1.82) is 0 Å². The van der Waals surface area contributed by atoms with Crippen molar-refractivity contribution < 1.29 is 9.18 Å². The number of benzene rings is 1. The van der Waals surface area contributed by atoms with Crippen LogP contribution in [0.2, 0.25) is 0 Å². The third-order valence-corrected chi connectivity index (χ3v) is 3.61. The zero-order valence-electron chi connectivity index (χ0n) is 11.8. The van der Waals surface area contributed by atoms with E-state index >= 15 is 0 Å². The minimum absolute atomic E-state index is 0. The molecule has 1 amide bonds. The van der Waals surface area contributed by atoms with Gasteiger partial charge >= 0.3 is 0 Å². The van der Waals surface area contributed by atoms with Crippen molar-refractivity contribution in [3.05, 3.63) is 35.6 Å². The Balaban J connectivity index is 0.00000200. The molecule has 1 aliphatic rings. The Kier molecular flexibility index (Phi) is 6.96. The molecule has 1 fully saturated rings. The first kappa shape index (κ1) is 16.9. The fourth-order valence-corrected chi connectivity index (χ4v) is 2.40. The average molecular weight is 301 g/mol. The predicted molar refractivity (Wildman–Crippen MR) is 80.6 cm³/mol. The fraction of sp³-hybridized carbons (Fsp3) is 0.533. The van der Waals surface area contributed by atoms with Crippen LogP contribution in [-0.4, -0.2) is 37.0 Å². The first-order valence-corrected chi connectivity index (χ1v) is 6.91. The SMILES string of the molecule is CC(CCc1cccc(F)c1)C(=O)N1CCNCC1.Cl. The van der Waals surface area contributed by atoms with Gasteiger partial charge in [-0.25, -0.2) is 4.39 Å². The number of aryl methyl sites for hydroxylation is 1. The fourth-order valence-electron chi connectivity index (χ4n) is 2.40. The molecule has 1 aromatic carbocycles. The van der Waals surface area contributed by atoms with Crippen LogP contribution in [0.1, 0.15) is 18.9 Å². The van der Waals surface area contributed by atoms with Crippen LogP contribution in [0.15, 0.2) is 24.3 Å². The number of amides is 1. The van der Waals surface area contributed by atoms with Crippen molar-refractivity contribution in [2.75, 3.05) is 26.2 Å². The highest BCUT2D eigenvalue weighted by Gasteiger charge is 2.21. The second-order valence-electron chi connectivity index (χ2n) is 5.14. The normalized spacial score (nSPS) is 16.4. The lowest BCUT2D eigenvalue weighted by molar-refractivity contribution is -0.135. The van der Waals surface area contributed by atoms with E-state index in [1.54, 1.807) is 12.1 Å². The Labute approximate surface area is 125 Å². The van der Waals surface area contributed by atoms with E-state index in [2.05, 4.69) is 5.32 Å². The molecule has 1 saturated heterocycles. The molecule has 0 aromatic heterocycles. The van der Waals surface area contributed by atoms with Gasteiger partial charge in [0.1, 0.15) is 5.82 Å². The van der Waals surface area contributed by atoms with Gasteiger partial charge in [-0.05, 0) is 30.5 Å². The molecule has 112 valence electrons. The molecule has 0 aliphatic carbocycles. The molecule has 1 aromatic rings. The quantitative estimate of drug-likeness (QED) is 0.925. The van der Waals surface area contributed by atoms with Crippen molar-refractivity contribution >= 4 is 18.3 Å². The van der Waals surface area contributed by atoms with Gasteiger partial charge in [-0.1, -0.05) is 19.1 Å². The third-order valence-electron chi connectivity index (χ3n) is 3.61. The topological polar surface area (TPSA) is 32.3 Å². The number of nitrogens with one attached hydrogen (secondary N) is 1. The Bertz CT molecular complexity index is 436. The smallest absolute Gasteiger partial charge is 0.225 e. The van der Waals surface area contributed by atoms with E-state index in [0.29, 0.717) is 0 Å². The summed E-state index contributed by atoms with van der Waals surface area (Å²) in [5.74, 6) is 0.0119. The number of rotatable bonds is 4. The first-order valence-electron chi connectivity index (χ1n) is 6.91. The Morgan fingerprint density at radius 2 is 2.10 bits per heavy atom. The van der Waals surface area contributed by atoms with Crippen LogP contribution in [0.5, 0.6) is 0 Å². The average Bonchev–Trinajstić information content (AvgIpc) is 2.45. The zero-order chi connectivity index (χ0) is 13.7.